The molecule has 1 amide bonds. The van der Waals surface area contributed by atoms with Crippen LogP contribution in [0, 0.1) is 5.82 Å². The van der Waals surface area contributed by atoms with Crippen LogP contribution in [0.25, 0.3) is 0 Å². The molecule has 0 saturated heterocycles. The topological polar surface area (TPSA) is 29.1 Å². The Hall–Kier alpha value is -1.81. The minimum absolute atomic E-state index is 0.00806. The lowest BCUT2D eigenvalue weighted by Gasteiger charge is -2.18. The number of carbonyl (C=O) groups excluding carboxylic acids is 1. The van der Waals surface area contributed by atoms with Crippen LogP contribution in [0.5, 0.6) is 0 Å². The smallest absolute Gasteiger partial charge is 0.233 e. The SMILES string of the molecule is CC[C@H](CNC(=O)[C@@H](C)Sc1ccc(F)cc1)c1ccccc1. The number of thioether (sulfide) groups is 1. The van der Waals surface area contributed by atoms with Gasteiger partial charge in [-0.3, -0.25) is 4.79 Å². The van der Waals surface area contributed by atoms with E-state index in [1.54, 1.807) is 12.1 Å². The van der Waals surface area contributed by atoms with Crippen LogP contribution >= 0.6 is 11.8 Å². The maximum Gasteiger partial charge on any atom is 0.233 e. The maximum atomic E-state index is 12.9. The number of hydrogen-bond acceptors (Lipinski definition) is 2. The highest BCUT2D eigenvalue weighted by molar-refractivity contribution is 8.00. The van der Waals surface area contributed by atoms with Gasteiger partial charge in [0.25, 0.3) is 0 Å². The Balaban J connectivity index is 1.86. The van der Waals surface area contributed by atoms with Crippen LogP contribution < -0.4 is 5.32 Å². The number of carbonyl (C=O) groups is 1. The van der Waals surface area contributed by atoms with Crippen molar-refractivity contribution in [3.05, 3.63) is 66.0 Å². The van der Waals surface area contributed by atoms with E-state index in [4.69, 9.17) is 0 Å². The van der Waals surface area contributed by atoms with Gasteiger partial charge in [-0.1, -0.05) is 37.3 Å². The predicted molar refractivity (Wildman–Crippen MR) is 94.2 cm³/mol. The molecular weight excluding hydrogens is 309 g/mol. The summed E-state index contributed by atoms with van der Waals surface area (Å²) in [6, 6.07) is 16.4. The van der Waals surface area contributed by atoms with Crippen molar-refractivity contribution in [2.45, 2.75) is 36.3 Å². The molecule has 1 N–H and O–H groups in total. The number of nitrogens with one attached hydrogen (secondary N) is 1. The summed E-state index contributed by atoms with van der Waals surface area (Å²) in [5.74, 6) is 0.0666. The lowest BCUT2D eigenvalue weighted by molar-refractivity contribution is -0.120. The minimum Gasteiger partial charge on any atom is -0.355 e. The molecule has 2 nitrogen and oxygen atoms in total. The average Bonchev–Trinajstić information content (AvgIpc) is 2.58. The fraction of sp³-hybridized carbons (Fsp3) is 0.316. The largest absolute Gasteiger partial charge is 0.355 e. The van der Waals surface area contributed by atoms with Gasteiger partial charge >= 0.3 is 0 Å². The molecule has 122 valence electrons. The summed E-state index contributed by atoms with van der Waals surface area (Å²) < 4.78 is 12.9. The van der Waals surface area contributed by atoms with Gasteiger partial charge in [-0.05, 0) is 43.2 Å². The first-order valence-electron chi connectivity index (χ1n) is 7.85. The molecule has 4 heteroatoms. The number of halogens is 1. The second-order valence-corrected chi connectivity index (χ2v) is 6.89. The Kier molecular flexibility index (Phi) is 6.66. The third-order valence-corrected chi connectivity index (χ3v) is 4.89. The van der Waals surface area contributed by atoms with E-state index in [-0.39, 0.29) is 17.0 Å². The fourth-order valence-electron chi connectivity index (χ4n) is 2.36. The molecule has 0 aliphatic carbocycles. The van der Waals surface area contributed by atoms with Crippen molar-refractivity contribution in [3.63, 3.8) is 0 Å². The minimum atomic E-state index is -0.264. The van der Waals surface area contributed by atoms with Crippen LogP contribution in [0.4, 0.5) is 4.39 Å². The van der Waals surface area contributed by atoms with Gasteiger partial charge < -0.3 is 5.32 Å². The lowest BCUT2D eigenvalue weighted by atomic mass is 9.96. The van der Waals surface area contributed by atoms with E-state index in [1.807, 2.05) is 25.1 Å². The number of benzene rings is 2. The van der Waals surface area contributed by atoms with Crippen LogP contribution in [0.15, 0.2) is 59.5 Å². The first-order valence-corrected chi connectivity index (χ1v) is 8.73. The third-order valence-electron chi connectivity index (χ3n) is 3.78. The summed E-state index contributed by atoms with van der Waals surface area (Å²) in [4.78, 5) is 13.2. The Morgan fingerprint density at radius 2 is 1.78 bits per heavy atom. The Morgan fingerprint density at radius 3 is 2.39 bits per heavy atom. The van der Waals surface area contributed by atoms with Crippen molar-refractivity contribution in [2.24, 2.45) is 0 Å². The zero-order valence-corrected chi connectivity index (χ0v) is 14.3. The van der Waals surface area contributed by atoms with E-state index in [0.29, 0.717) is 12.5 Å². The Labute approximate surface area is 141 Å². The van der Waals surface area contributed by atoms with Gasteiger partial charge in [0.2, 0.25) is 5.91 Å². The van der Waals surface area contributed by atoms with E-state index in [2.05, 4.69) is 24.4 Å². The summed E-state index contributed by atoms with van der Waals surface area (Å²) in [5, 5.41) is 2.82. The van der Waals surface area contributed by atoms with Gasteiger partial charge in [-0.15, -0.1) is 11.8 Å². The molecule has 0 radical (unpaired) electrons. The van der Waals surface area contributed by atoms with Crippen molar-refractivity contribution in [1.29, 1.82) is 0 Å². The molecule has 0 spiro atoms. The molecule has 0 heterocycles. The maximum absolute atomic E-state index is 12.9. The molecular formula is C19H22FNOS. The van der Waals surface area contributed by atoms with E-state index < -0.39 is 0 Å². The number of hydrogen-bond donors (Lipinski definition) is 1. The van der Waals surface area contributed by atoms with Crippen molar-refractivity contribution < 1.29 is 9.18 Å². The zero-order valence-electron chi connectivity index (χ0n) is 13.5. The first-order chi connectivity index (χ1) is 11.1. The third kappa shape index (κ3) is 5.39. The highest BCUT2D eigenvalue weighted by Crippen LogP contribution is 2.24. The van der Waals surface area contributed by atoms with Gasteiger partial charge in [0.1, 0.15) is 5.82 Å². The molecule has 0 fully saturated rings. The normalized spacial score (nSPS) is 13.3. The fourth-order valence-corrected chi connectivity index (χ4v) is 3.25. The van der Waals surface area contributed by atoms with Crippen LogP contribution in [0.3, 0.4) is 0 Å². The zero-order chi connectivity index (χ0) is 16.7. The predicted octanol–water partition coefficient (Wildman–Crippen LogP) is 4.62. The van der Waals surface area contributed by atoms with Gasteiger partial charge in [-0.2, -0.15) is 0 Å². The summed E-state index contributed by atoms with van der Waals surface area (Å²) in [5.41, 5.74) is 1.24. The average molecular weight is 331 g/mol. The van der Waals surface area contributed by atoms with E-state index in [9.17, 15) is 9.18 Å². The molecule has 0 saturated carbocycles. The molecule has 0 unspecified atom stereocenters. The van der Waals surface area contributed by atoms with E-state index >= 15 is 0 Å². The first kappa shape index (κ1) is 17.5. The molecule has 0 aliphatic rings. The van der Waals surface area contributed by atoms with Crippen LogP contribution in [0.2, 0.25) is 0 Å². The lowest BCUT2D eigenvalue weighted by Crippen LogP contribution is -2.34. The van der Waals surface area contributed by atoms with Crippen molar-refractivity contribution in [2.75, 3.05) is 6.54 Å². The number of amides is 1. The van der Waals surface area contributed by atoms with E-state index in [1.165, 1.54) is 29.5 Å². The summed E-state index contributed by atoms with van der Waals surface area (Å²) in [7, 11) is 0. The van der Waals surface area contributed by atoms with Crippen LogP contribution in [-0.4, -0.2) is 17.7 Å². The molecule has 0 bridgehead atoms. The number of rotatable bonds is 7. The van der Waals surface area contributed by atoms with Crippen LogP contribution in [0.1, 0.15) is 31.7 Å². The van der Waals surface area contributed by atoms with Crippen molar-refractivity contribution >= 4 is 17.7 Å². The molecule has 2 atom stereocenters. The molecule has 2 rings (SSSR count). The standard InChI is InChI=1S/C19H22FNOS/c1-3-15(16-7-5-4-6-8-16)13-21-19(22)14(2)23-18-11-9-17(20)10-12-18/h4-12,14-15H,3,13H2,1-2H3,(H,21,22)/t14-,15-/m1/s1. The quantitative estimate of drug-likeness (QED) is 0.750. The summed E-state index contributed by atoms with van der Waals surface area (Å²) in [6.45, 7) is 4.63. The van der Waals surface area contributed by atoms with Gasteiger partial charge in [0.15, 0.2) is 0 Å². The monoisotopic (exact) mass is 331 g/mol. The molecule has 0 aliphatic heterocycles. The molecule has 2 aromatic rings. The Bertz CT molecular complexity index is 615. The van der Waals surface area contributed by atoms with E-state index in [0.717, 1.165) is 11.3 Å². The second kappa shape index (κ2) is 8.73. The van der Waals surface area contributed by atoms with Gasteiger partial charge in [-0.25, -0.2) is 4.39 Å². The van der Waals surface area contributed by atoms with Crippen molar-refractivity contribution in [1.82, 2.24) is 5.32 Å². The van der Waals surface area contributed by atoms with Crippen LogP contribution in [-0.2, 0) is 4.79 Å². The second-order valence-electron chi connectivity index (χ2n) is 5.48. The summed E-state index contributed by atoms with van der Waals surface area (Å²) >= 11 is 1.44. The Morgan fingerprint density at radius 1 is 1.13 bits per heavy atom. The molecule has 23 heavy (non-hydrogen) atoms. The van der Waals surface area contributed by atoms with Gasteiger partial charge in [0.05, 0.1) is 5.25 Å². The molecule has 0 aromatic heterocycles. The highest BCUT2D eigenvalue weighted by atomic mass is 32.2. The van der Waals surface area contributed by atoms with Crippen molar-refractivity contribution in [3.8, 4) is 0 Å². The summed E-state index contributed by atoms with van der Waals surface area (Å²) in [6.07, 6.45) is 0.976. The molecule has 2 aromatic carbocycles. The highest BCUT2D eigenvalue weighted by Gasteiger charge is 2.16. The van der Waals surface area contributed by atoms with Gasteiger partial charge in [0, 0.05) is 17.4 Å².